The molecule has 1 heterocycles. The van der Waals surface area contributed by atoms with Crippen LogP contribution in [0.3, 0.4) is 0 Å². The minimum Gasteiger partial charge on any atom is -0.489 e. The summed E-state index contributed by atoms with van der Waals surface area (Å²) in [5.41, 5.74) is 12.2. The van der Waals surface area contributed by atoms with E-state index in [9.17, 15) is 0 Å². The number of fused-ring (bicyclic) bond motifs is 1. The SMILES string of the molecule is NCC(N)c1cc(Cl)c2c(c1)OCCCO2. The molecule has 4 nitrogen and oxygen atoms in total. The molecule has 0 aromatic heterocycles. The minimum atomic E-state index is -0.227. The Labute approximate surface area is 99.5 Å². The molecular formula is C11H15ClN2O2. The summed E-state index contributed by atoms with van der Waals surface area (Å²) >= 11 is 6.12. The van der Waals surface area contributed by atoms with Gasteiger partial charge in [0.1, 0.15) is 0 Å². The fraction of sp³-hybridized carbons (Fsp3) is 0.455. The highest BCUT2D eigenvalue weighted by Crippen LogP contribution is 2.38. The van der Waals surface area contributed by atoms with Gasteiger partial charge in [-0.15, -0.1) is 0 Å². The van der Waals surface area contributed by atoms with E-state index in [-0.39, 0.29) is 6.04 Å². The van der Waals surface area contributed by atoms with Crippen molar-refractivity contribution in [3.05, 3.63) is 22.7 Å². The van der Waals surface area contributed by atoms with Crippen molar-refractivity contribution in [3.8, 4) is 11.5 Å². The number of rotatable bonds is 2. The van der Waals surface area contributed by atoms with Gasteiger partial charge in [-0.05, 0) is 17.7 Å². The predicted molar refractivity (Wildman–Crippen MR) is 63.0 cm³/mol. The Hall–Kier alpha value is -0.970. The quantitative estimate of drug-likeness (QED) is 0.824. The molecule has 0 fully saturated rings. The summed E-state index contributed by atoms with van der Waals surface area (Å²) in [4.78, 5) is 0. The Morgan fingerprint density at radius 3 is 2.81 bits per heavy atom. The monoisotopic (exact) mass is 242 g/mol. The molecule has 0 radical (unpaired) electrons. The summed E-state index contributed by atoms with van der Waals surface area (Å²) in [7, 11) is 0. The van der Waals surface area contributed by atoms with E-state index in [1.807, 2.05) is 6.07 Å². The van der Waals surface area contributed by atoms with Crippen LogP contribution < -0.4 is 20.9 Å². The Bertz CT molecular complexity index is 384. The molecule has 5 heteroatoms. The summed E-state index contributed by atoms with van der Waals surface area (Å²) < 4.78 is 11.1. The van der Waals surface area contributed by atoms with Crippen LogP contribution in [-0.2, 0) is 0 Å². The maximum absolute atomic E-state index is 6.12. The third-order valence-electron chi connectivity index (χ3n) is 2.51. The van der Waals surface area contributed by atoms with Crippen LogP contribution in [0, 0.1) is 0 Å². The van der Waals surface area contributed by atoms with E-state index < -0.39 is 0 Å². The van der Waals surface area contributed by atoms with E-state index in [1.54, 1.807) is 6.07 Å². The van der Waals surface area contributed by atoms with Crippen molar-refractivity contribution in [2.24, 2.45) is 11.5 Å². The van der Waals surface area contributed by atoms with Crippen LogP contribution in [0.15, 0.2) is 12.1 Å². The standard InChI is InChI=1S/C11H15ClN2O2/c12-8-4-7(9(14)6-13)5-10-11(8)16-3-1-2-15-10/h4-5,9H,1-3,6,13-14H2. The van der Waals surface area contributed by atoms with Gasteiger partial charge in [0.05, 0.1) is 18.2 Å². The maximum atomic E-state index is 6.12. The van der Waals surface area contributed by atoms with Gasteiger partial charge in [0.2, 0.25) is 0 Å². The Morgan fingerprint density at radius 2 is 2.06 bits per heavy atom. The molecule has 0 amide bonds. The molecule has 4 N–H and O–H groups in total. The van der Waals surface area contributed by atoms with E-state index in [2.05, 4.69) is 0 Å². The highest BCUT2D eigenvalue weighted by atomic mass is 35.5. The van der Waals surface area contributed by atoms with E-state index in [0.717, 1.165) is 12.0 Å². The van der Waals surface area contributed by atoms with E-state index in [1.165, 1.54) is 0 Å². The molecule has 0 saturated heterocycles. The fourth-order valence-electron chi connectivity index (χ4n) is 1.60. The molecule has 0 spiro atoms. The van der Waals surface area contributed by atoms with E-state index in [0.29, 0.717) is 36.3 Å². The number of halogens is 1. The lowest BCUT2D eigenvalue weighted by atomic mass is 10.1. The molecule has 1 aromatic carbocycles. The lowest BCUT2D eigenvalue weighted by Crippen LogP contribution is -2.20. The van der Waals surface area contributed by atoms with Crippen LogP contribution in [0.4, 0.5) is 0 Å². The summed E-state index contributed by atoms with van der Waals surface area (Å²) in [6.45, 7) is 1.62. The molecule has 16 heavy (non-hydrogen) atoms. The van der Waals surface area contributed by atoms with Gasteiger partial charge < -0.3 is 20.9 Å². The van der Waals surface area contributed by atoms with Gasteiger partial charge in [-0.1, -0.05) is 11.6 Å². The number of nitrogens with two attached hydrogens (primary N) is 2. The van der Waals surface area contributed by atoms with Crippen molar-refractivity contribution in [2.75, 3.05) is 19.8 Å². The molecule has 1 atom stereocenters. The van der Waals surface area contributed by atoms with Crippen molar-refractivity contribution in [2.45, 2.75) is 12.5 Å². The van der Waals surface area contributed by atoms with Gasteiger partial charge in [0, 0.05) is 19.0 Å². The molecule has 1 aliphatic rings. The minimum absolute atomic E-state index is 0.227. The first-order valence-corrected chi connectivity index (χ1v) is 5.65. The highest BCUT2D eigenvalue weighted by Gasteiger charge is 2.17. The van der Waals surface area contributed by atoms with Crippen molar-refractivity contribution < 1.29 is 9.47 Å². The molecule has 0 saturated carbocycles. The van der Waals surface area contributed by atoms with Gasteiger partial charge in [0.15, 0.2) is 11.5 Å². The average Bonchev–Trinajstić information content (AvgIpc) is 2.53. The van der Waals surface area contributed by atoms with Crippen LogP contribution in [0.2, 0.25) is 5.02 Å². The molecule has 0 aliphatic carbocycles. The third-order valence-corrected chi connectivity index (χ3v) is 2.79. The maximum Gasteiger partial charge on any atom is 0.179 e. The van der Waals surface area contributed by atoms with Gasteiger partial charge >= 0.3 is 0 Å². The Balaban J connectivity index is 2.39. The second-order valence-electron chi connectivity index (χ2n) is 3.72. The molecule has 1 unspecified atom stereocenters. The largest absolute Gasteiger partial charge is 0.489 e. The summed E-state index contributed by atoms with van der Waals surface area (Å²) in [6.07, 6.45) is 0.850. The van der Waals surface area contributed by atoms with Crippen LogP contribution in [0.1, 0.15) is 18.0 Å². The lowest BCUT2D eigenvalue weighted by Gasteiger charge is -2.14. The van der Waals surface area contributed by atoms with Crippen LogP contribution in [-0.4, -0.2) is 19.8 Å². The zero-order chi connectivity index (χ0) is 11.5. The van der Waals surface area contributed by atoms with Crippen LogP contribution >= 0.6 is 11.6 Å². The number of benzene rings is 1. The van der Waals surface area contributed by atoms with Gasteiger partial charge in [0.25, 0.3) is 0 Å². The van der Waals surface area contributed by atoms with Gasteiger partial charge in [-0.25, -0.2) is 0 Å². The van der Waals surface area contributed by atoms with Gasteiger partial charge in [-0.3, -0.25) is 0 Å². The van der Waals surface area contributed by atoms with Crippen molar-refractivity contribution in [1.29, 1.82) is 0 Å². The first-order valence-electron chi connectivity index (χ1n) is 5.27. The normalized spacial score (nSPS) is 16.7. The second kappa shape index (κ2) is 4.91. The summed E-state index contributed by atoms with van der Waals surface area (Å²) in [5.74, 6) is 1.26. The zero-order valence-electron chi connectivity index (χ0n) is 8.91. The highest BCUT2D eigenvalue weighted by molar-refractivity contribution is 6.32. The lowest BCUT2D eigenvalue weighted by molar-refractivity contribution is 0.297. The number of hydrogen-bond donors (Lipinski definition) is 2. The van der Waals surface area contributed by atoms with Crippen molar-refractivity contribution >= 4 is 11.6 Å². The van der Waals surface area contributed by atoms with Gasteiger partial charge in [-0.2, -0.15) is 0 Å². The molecule has 0 bridgehead atoms. The number of ether oxygens (including phenoxy) is 2. The second-order valence-corrected chi connectivity index (χ2v) is 4.13. The molecular weight excluding hydrogens is 228 g/mol. The van der Waals surface area contributed by atoms with Crippen molar-refractivity contribution in [1.82, 2.24) is 0 Å². The predicted octanol–water partition coefficient (Wildman–Crippen LogP) is 1.46. The fourth-order valence-corrected chi connectivity index (χ4v) is 1.87. The van der Waals surface area contributed by atoms with Crippen molar-refractivity contribution in [3.63, 3.8) is 0 Å². The smallest absolute Gasteiger partial charge is 0.179 e. The Morgan fingerprint density at radius 1 is 1.31 bits per heavy atom. The van der Waals surface area contributed by atoms with E-state index >= 15 is 0 Å². The van der Waals surface area contributed by atoms with Crippen LogP contribution in [0.5, 0.6) is 11.5 Å². The summed E-state index contributed by atoms with van der Waals surface area (Å²) in [5, 5.41) is 0.526. The first kappa shape index (κ1) is 11.5. The van der Waals surface area contributed by atoms with Crippen LogP contribution in [0.25, 0.3) is 0 Å². The molecule has 88 valence electrons. The topological polar surface area (TPSA) is 70.5 Å². The zero-order valence-corrected chi connectivity index (χ0v) is 9.67. The average molecular weight is 243 g/mol. The molecule has 1 aliphatic heterocycles. The molecule has 2 rings (SSSR count). The molecule has 1 aromatic rings. The Kier molecular flexibility index (Phi) is 3.53. The third kappa shape index (κ3) is 2.24. The summed E-state index contributed by atoms with van der Waals surface area (Å²) in [6, 6.07) is 3.41. The number of hydrogen-bond acceptors (Lipinski definition) is 4. The first-order chi connectivity index (χ1) is 7.72. The van der Waals surface area contributed by atoms with E-state index in [4.69, 9.17) is 32.5 Å².